The predicted octanol–water partition coefficient (Wildman–Crippen LogP) is 4.67. The van der Waals surface area contributed by atoms with Gasteiger partial charge in [-0.25, -0.2) is 8.78 Å². The Morgan fingerprint density at radius 3 is 2.04 bits per heavy atom. The molecule has 0 spiro atoms. The molecule has 2 aromatic rings. The summed E-state index contributed by atoms with van der Waals surface area (Å²) in [5.41, 5.74) is -0.435. The molecule has 0 aromatic heterocycles. The summed E-state index contributed by atoms with van der Waals surface area (Å²) in [4.78, 5) is 25.1. The number of alkyl halides is 2. The third kappa shape index (κ3) is 5.72. The summed E-state index contributed by atoms with van der Waals surface area (Å²) in [6.07, 6.45) is 0. The highest BCUT2D eigenvalue weighted by Gasteiger charge is 2.27. The molecule has 0 radical (unpaired) electrons. The molecule has 150 valence electrons. The van der Waals surface area contributed by atoms with Crippen LogP contribution in [0.4, 0.5) is 23.2 Å². The van der Waals surface area contributed by atoms with Crippen molar-refractivity contribution in [3.8, 4) is 0 Å². The number of anilines is 1. The van der Waals surface area contributed by atoms with Crippen LogP contribution in [0.3, 0.4) is 0 Å². The monoisotopic (exact) mass is 414 g/mol. The minimum Gasteiger partial charge on any atom is -0.340 e. The Bertz CT molecular complexity index is 824. The van der Waals surface area contributed by atoms with Gasteiger partial charge in [0.25, 0.3) is 11.7 Å². The van der Waals surface area contributed by atoms with Gasteiger partial charge in [0.05, 0.1) is 0 Å². The van der Waals surface area contributed by atoms with Crippen LogP contribution in [0, 0.1) is 17.6 Å². The van der Waals surface area contributed by atoms with Crippen LogP contribution >= 0.6 is 11.8 Å². The zero-order valence-corrected chi connectivity index (χ0v) is 15.8. The Kier molecular flexibility index (Phi) is 7.45. The molecule has 2 N–H and O–H groups in total. The Balaban J connectivity index is 2.11. The van der Waals surface area contributed by atoms with E-state index < -0.39 is 40.8 Å². The van der Waals surface area contributed by atoms with Crippen molar-refractivity contribution < 1.29 is 27.2 Å². The minimum atomic E-state index is -2.56. The van der Waals surface area contributed by atoms with Crippen LogP contribution in [0.25, 0.3) is 0 Å². The number of benzene rings is 2. The highest BCUT2D eigenvalue weighted by atomic mass is 32.2. The molecule has 0 heterocycles. The van der Waals surface area contributed by atoms with Gasteiger partial charge < -0.3 is 10.6 Å². The summed E-state index contributed by atoms with van der Waals surface area (Å²) < 4.78 is 52.2. The molecule has 0 aliphatic carbocycles. The normalized spacial score (nSPS) is 12.1. The van der Waals surface area contributed by atoms with Gasteiger partial charge in [0.2, 0.25) is 5.91 Å². The van der Waals surface area contributed by atoms with Gasteiger partial charge in [0.1, 0.15) is 23.2 Å². The maximum Gasteiger partial charge on any atom is 0.288 e. The number of carbonyl (C=O) groups excluding carboxylic acids is 2. The molecule has 0 aliphatic heterocycles. The molecule has 28 heavy (non-hydrogen) atoms. The SMILES string of the molecule is CC(C)C(NC(=O)c1c(F)cccc1F)C(=O)Nc1ccc(SC(F)F)cc1. The standard InChI is InChI=1S/C19H18F4N2O2S/c1-10(2)16(25-17(26)15-13(20)4-3-5-14(15)21)18(27)24-11-6-8-12(9-7-11)28-19(22)23/h3-10,16,19H,1-2H3,(H,24,27)(H,25,26). The average Bonchev–Trinajstić information content (AvgIpc) is 2.60. The molecular weight excluding hydrogens is 396 g/mol. The van der Waals surface area contributed by atoms with Gasteiger partial charge in [-0.2, -0.15) is 8.78 Å². The number of hydrogen-bond acceptors (Lipinski definition) is 3. The van der Waals surface area contributed by atoms with Crippen LogP contribution in [0.5, 0.6) is 0 Å². The van der Waals surface area contributed by atoms with E-state index >= 15 is 0 Å². The van der Waals surface area contributed by atoms with Crippen LogP contribution < -0.4 is 10.6 Å². The average molecular weight is 414 g/mol. The smallest absolute Gasteiger partial charge is 0.288 e. The lowest BCUT2D eigenvalue weighted by Crippen LogP contribution is -2.47. The summed E-state index contributed by atoms with van der Waals surface area (Å²) in [7, 11) is 0. The topological polar surface area (TPSA) is 58.2 Å². The molecule has 2 aromatic carbocycles. The molecule has 0 bridgehead atoms. The van der Waals surface area contributed by atoms with Crippen LogP contribution in [-0.4, -0.2) is 23.6 Å². The molecule has 0 saturated carbocycles. The second-order valence-electron chi connectivity index (χ2n) is 6.18. The fourth-order valence-corrected chi connectivity index (χ4v) is 2.90. The van der Waals surface area contributed by atoms with Gasteiger partial charge in [0.15, 0.2) is 0 Å². The minimum absolute atomic E-state index is 0.330. The number of amides is 2. The maximum atomic E-state index is 13.8. The first-order valence-corrected chi connectivity index (χ1v) is 9.17. The van der Waals surface area contributed by atoms with Crippen LogP contribution in [-0.2, 0) is 4.79 Å². The zero-order chi connectivity index (χ0) is 20.8. The highest BCUT2D eigenvalue weighted by Crippen LogP contribution is 2.26. The highest BCUT2D eigenvalue weighted by molar-refractivity contribution is 7.99. The third-order valence-electron chi connectivity index (χ3n) is 3.77. The van der Waals surface area contributed by atoms with E-state index in [1.54, 1.807) is 13.8 Å². The van der Waals surface area contributed by atoms with Crippen LogP contribution in [0.2, 0.25) is 0 Å². The van der Waals surface area contributed by atoms with E-state index in [4.69, 9.17) is 0 Å². The summed E-state index contributed by atoms with van der Waals surface area (Å²) >= 11 is 0.372. The third-order valence-corrected chi connectivity index (χ3v) is 4.50. The number of nitrogens with one attached hydrogen (secondary N) is 2. The molecule has 0 saturated heterocycles. The summed E-state index contributed by atoms with van der Waals surface area (Å²) in [6, 6.07) is 7.68. The Morgan fingerprint density at radius 2 is 1.54 bits per heavy atom. The van der Waals surface area contributed by atoms with E-state index in [0.29, 0.717) is 22.3 Å². The van der Waals surface area contributed by atoms with Gasteiger partial charge in [-0.15, -0.1) is 0 Å². The molecule has 2 rings (SSSR count). The largest absolute Gasteiger partial charge is 0.340 e. The molecular formula is C19H18F4N2O2S. The lowest BCUT2D eigenvalue weighted by atomic mass is 10.0. The summed E-state index contributed by atoms with van der Waals surface area (Å²) in [5.74, 6) is -6.66. The first-order valence-electron chi connectivity index (χ1n) is 8.29. The zero-order valence-electron chi connectivity index (χ0n) is 15.0. The lowest BCUT2D eigenvalue weighted by Gasteiger charge is -2.22. The van der Waals surface area contributed by atoms with Crippen LogP contribution in [0.15, 0.2) is 47.4 Å². The van der Waals surface area contributed by atoms with E-state index in [2.05, 4.69) is 10.6 Å². The first-order chi connectivity index (χ1) is 13.2. The van der Waals surface area contributed by atoms with Crippen molar-refractivity contribution in [2.45, 2.75) is 30.5 Å². The number of thioether (sulfide) groups is 1. The van der Waals surface area contributed by atoms with Gasteiger partial charge in [-0.05, 0) is 42.3 Å². The molecule has 2 amide bonds. The molecule has 0 aliphatic rings. The second kappa shape index (κ2) is 9.59. The molecule has 4 nitrogen and oxygen atoms in total. The molecule has 0 fully saturated rings. The van der Waals surface area contributed by atoms with Crippen molar-refractivity contribution in [3.63, 3.8) is 0 Å². The van der Waals surface area contributed by atoms with Crippen molar-refractivity contribution in [1.82, 2.24) is 5.32 Å². The molecule has 1 unspecified atom stereocenters. The van der Waals surface area contributed by atoms with Gasteiger partial charge in [-0.3, -0.25) is 9.59 Å². The quantitative estimate of drug-likeness (QED) is 0.511. The summed E-state index contributed by atoms with van der Waals surface area (Å²) in [5, 5.41) is 4.89. The lowest BCUT2D eigenvalue weighted by molar-refractivity contribution is -0.118. The van der Waals surface area contributed by atoms with Gasteiger partial charge in [0, 0.05) is 10.6 Å². The van der Waals surface area contributed by atoms with Gasteiger partial charge in [-0.1, -0.05) is 31.7 Å². The molecule has 1 atom stereocenters. The van der Waals surface area contributed by atoms with Crippen LogP contribution in [0.1, 0.15) is 24.2 Å². The van der Waals surface area contributed by atoms with Crippen molar-refractivity contribution in [2.24, 2.45) is 5.92 Å². The number of rotatable bonds is 7. The Morgan fingerprint density at radius 1 is 0.964 bits per heavy atom. The summed E-state index contributed by atoms with van der Waals surface area (Å²) in [6.45, 7) is 3.31. The fraction of sp³-hybridized carbons (Fsp3) is 0.263. The Labute approximate surface area is 163 Å². The van der Waals surface area contributed by atoms with Crippen molar-refractivity contribution in [2.75, 3.05) is 5.32 Å². The van der Waals surface area contributed by atoms with Crippen molar-refractivity contribution in [1.29, 1.82) is 0 Å². The number of hydrogen-bond donors (Lipinski definition) is 2. The van der Waals surface area contributed by atoms with E-state index in [0.717, 1.165) is 18.2 Å². The van der Waals surface area contributed by atoms with E-state index in [9.17, 15) is 27.2 Å². The Hall–Kier alpha value is -2.55. The number of carbonyl (C=O) groups is 2. The van der Waals surface area contributed by atoms with E-state index in [1.807, 2.05) is 0 Å². The van der Waals surface area contributed by atoms with E-state index in [1.165, 1.54) is 24.3 Å². The van der Waals surface area contributed by atoms with E-state index in [-0.39, 0.29) is 5.92 Å². The maximum absolute atomic E-state index is 13.8. The number of halogens is 4. The molecule has 9 heteroatoms. The fourth-order valence-electron chi connectivity index (χ4n) is 2.40. The van der Waals surface area contributed by atoms with Gasteiger partial charge >= 0.3 is 0 Å². The van der Waals surface area contributed by atoms with Crippen molar-refractivity contribution in [3.05, 3.63) is 59.7 Å². The predicted molar refractivity (Wildman–Crippen MR) is 99.4 cm³/mol. The second-order valence-corrected chi connectivity index (χ2v) is 7.25. The van der Waals surface area contributed by atoms with Crippen molar-refractivity contribution >= 4 is 29.3 Å². The first kappa shape index (κ1) is 21.7.